The molecule has 8 nitrogen and oxygen atoms in total. The van der Waals surface area contributed by atoms with Crippen molar-refractivity contribution in [3.8, 4) is 11.5 Å². The van der Waals surface area contributed by atoms with Crippen molar-refractivity contribution in [3.05, 3.63) is 66.1 Å². The largest absolute Gasteiger partial charge is 0.489 e. The molecule has 3 heterocycles. The number of fused-ring (bicyclic) bond motifs is 1. The minimum atomic E-state index is -0.494. The zero-order valence-corrected chi connectivity index (χ0v) is 19.1. The standard InChI is InChI=1S/C25H26FN5O3/c1-16-12-18(30-34-16)14-32-22-7-6-17(13-20(22)26)29-25-24-21(27-15-28-25)4-3-5-23(24)33-19-8-10-31(2)11-9-19/h3-7,12-13,15,19H,8-11,14H2,1-2H3,(H,27,28,29). The van der Waals surface area contributed by atoms with Crippen LogP contribution in [0.3, 0.4) is 0 Å². The summed E-state index contributed by atoms with van der Waals surface area (Å²) < 4.78 is 31.6. The smallest absolute Gasteiger partial charge is 0.167 e. The van der Waals surface area contributed by atoms with E-state index in [2.05, 4.69) is 32.4 Å². The second kappa shape index (κ2) is 9.64. The van der Waals surface area contributed by atoms with Gasteiger partial charge in [-0.2, -0.15) is 0 Å². The molecule has 1 aliphatic heterocycles. The van der Waals surface area contributed by atoms with Crippen molar-refractivity contribution >= 4 is 22.4 Å². The number of halogens is 1. The highest BCUT2D eigenvalue weighted by Gasteiger charge is 2.20. The summed E-state index contributed by atoms with van der Waals surface area (Å²) in [5.41, 5.74) is 1.89. The maximum Gasteiger partial charge on any atom is 0.167 e. The molecule has 5 rings (SSSR count). The SMILES string of the molecule is Cc1cc(COc2ccc(Nc3ncnc4cccc(OC5CCN(C)CC5)c34)cc2F)no1. The lowest BCUT2D eigenvalue weighted by Crippen LogP contribution is -2.35. The zero-order valence-electron chi connectivity index (χ0n) is 19.1. The molecule has 1 fully saturated rings. The first-order chi connectivity index (χ1) is 16.5. The fourth-order valence-corrected chi connectivity index (χ4v) is 4.02. The van der Waals surface area contributed by atoms with Crippen molar-refractivity contribution in [2.45, 2.75) is 32.5 Å². The monoisotopic (exact) mass is 463 g/mol. The molecular weight excluding hydrogens is 437 g/mol. The van der Waals surface area contributed by atoms with Gasteiger partial charge in [-0.05, 0) is 51.1 Å². The third kappa shape index (κ3) is 4.94. The Kier molecular flexibility index (Phi) is 6.27. The third-order valence-electron chi connectivity index (χ3n) is 5.83. The van der Waals surface area contributed by atoms with Gasteiger partial charge in [0.1, 0.15) is 42.1 Å². The van der Waals surface area contributed by atoms with Gasteiger partial charge in [0.2, 0.25) is 0 Å². The van der Waals surface area contributed by atoms with Gasteiger partial charge in [0.15, 0.2) is 11.6 Å². The summed E-state index contributed by atoms with van der Waals surface area (Å²) in [7, 11) is 2.12. The Morgan fingerprint density at radius 2 is 1.97 bits per heavy atom. The molecule has 9 heteroatoms. The number of benzene rings is 2. The zero-order chi connectivity index (χ0) is 23.5. The molecule has 2 aromatic carbocycles. The highest BCUT2D eigenvalue weighted by molar-refractivity contribution is 5.95. The minimum absolute atomic E-state index is 0.120. The van der Waals surface area contributed by atoms with Gasteiger partial charge in [-0.25, -0.2) is 14.4 Å². The van der Waals surface area contributed by atoms with Crippen molar-refractivity contribution in [1.29, 1.82) is 0 Å². The molecule has 0 radical (unpaired) electrons. The van der Waals surface area contributed by atoms with E-state index in [0.29, 0.717) is 23.0 Å². The maximum absolute atomic E-state index is 14.7. The fraction of sp³-hybridized carbons (Fsp3) is 0.320. The number of aryl methyl sites for hydroxylation is 1. The Hall–Kier alpha value is -3.72. The lowest BCUT2D eigenvalue weighted by molar-refractivity contribution is 0.116. The highest BCUT2D eigenvalue weighted by Crippen LogP contribution is 2.34. The number of hydrogen-bond donors (Lipinski definition) is 1. The molecule has 0 aliphatic carbocycles. The summed E-state index contributed by atoms with van der Waals surface area (Å²) in [4.78, 5) is 11.1. The molecule has 0 spiro atoms. The number of aromatic nitrogens is 3. The predicted octanol–water partition coefficient (Wildman–Crippen LogP) is 4.86. The Bertz CT molecular complexity index is 1280. The van der Waals surface area contributed by atoms with Crippen LogP contribution in [0.2, 0.25) is 0 Å². The van der Waals surface area contributed by atoms with Gasteiger partial charge in [0, 0.05) is 30.9 Å². The van der Waals surface area contributed by atoms with Crippen LogP contribution in [0.15, 0.2) is 53.3 Å². The summed E-state index contributed by atoms with van der Waals surface area (Å²) in [6.45, 7) is 3.91. The quantitative estimate of drug-likeness (QED) is 0.416. The van der Waals surface area contributed by atoms with E-state index in [1.54, 1.807) is 25.1 Å². The van der Waals surface area contributed by atoms with Crippen LogP contribution in [0.25, 0.3) is 10.9 Å². The Balaban J connectivity index is 1.35. The van der Waals surface area contributed by atoms with E-state index >= 15 is 0 Å². The lowest BCUT2D eigenvalue weighted by Gasteiger charge is -2.29. The number of rotatable bonds is 7. The van der Waals surface area contributed by atoms with E-state index in [-0.39, 0.29) is 18.5 Å². The Morgan fingerprint density at radius 1 is 1.12 bits per heavy atom. The number of hydrogen-bond acceptors (Lipinski definition) is 8. The van der Waals surface area contributed by atoms with Crippen LogP contribution < -0.4 is 14.8 Å². The molecule has 1 aliphatic rings. The molecule has 1 saturated heterocycles. The fourth-order valence-electron chi connectivity index (χ4n) is 4.02. The van der Waals surface area contributed by atoms with Crippen molar-refractivity contribution < 1.29 is 18.4 Å². The van der Waals surface area contributed by atoms with Crippen molar-refractivity contribution in [2.24, 2.45) is 0 Å². The summed E-state index contributed by atoms with van der Waals surface area (Å²) in [5, 5.41) is 7.84. The van der Waals surface area contributed by atoms with Gasteiger partial charge in [-0.1, -0.05) is 11.2 Å². The molecule has 4 aromatic rings. The molecule has 2 aromatic heterocycles. The number of anilines is 2. The maximum atomic E-state index is 14.7. The molecular formula is C25H26FN5O3. The van der Waals surface area contributed by atoms with E-state index in [4.69, 9.17) is 14.0 Å². The number of piperidine rings is 1. The summed E-state index contributed by atoms with van der Waals surface area (Å²) in [5.74, 6) is 1.59. The van der Waals surface area contributed by atoms with E-state index < -0.39 is 5.82 Å². The average Bonchev–Trinajstić information content (AvgIpc) is 3.25. The minimum Gasteiger partial charge on any atom is -0.489 e. The molecule has 0 saturated carbocycles. The van der Waals surface area contributed by atoms with E-state index in [1.165, 1.54) is 12.4 Å². The first kappa shape index (κ1) is 22.1. The number of ether oxygens (including phenoxy) is 2. The number of likely N-dealkylation sites (tertiary alicyclic amines) is 1. The number of nitrogens with one attached hydrogen (secondary N) is 1. The van der Waals surface area contributed by atoms with Gasteiger partial charge in [0.05, 0.1) is 10.9 Å². The molecule has 34 heavy (non-hydrogen) atoms. The summed E-state index contributed by atoms with van der Waals surface area (Å²) in [6.07, 6.45) is 3.54. The second-order valence-electron chi connectivity index (χ2n) is 8.48. The Labute approximate surface area is 196 Å². The van der Waals surface area contributed by atoms with Crippen LogP contribution in [-0.4, -0.2) is 46.3 Å². The van der Waals surface area contributed by atoms with E-state index in [1.807, 2.05) is 18.2 Å². The van der Waals surface area contributed by atoms with Gasteiger partial charge >= 0.3 is 0 Å². The molecule has 0 bridgehead atoms. The van der Waals surface area contributed by atoms with Crippen molar-refractivity contribution in [3.63, 3.8) is 0 Å². The van der Waals surface area contributed by atoms with Crippen LogP contribution in [0.4, 0.5) is 15.9 Å². The van der Waals surface area contributed by atoms with Crippen LogP contribution in [-0.2, 0) is 6.61 Å². The molecule has 1 N–H and O–H groups in total. The third-order valence-corrected chi connectivity index (χ3v) is 5.83. The highest BCUT2D eigenvalue weighted by atomic mass is 19.1. The van der Waals surface area contributed by atoms with Gasteiger partial charge in [0.25, 0.3) is 0 Å². The van der Waals surface area contributed by atoms with Crippen LogP contribution >= 0.6 is 0 Å². The van der Waals surface area contributed by atoms with Crippen LogP contribution in [0.1, 0.15) is 24.3 Å². The van der Waals surface area contributed by atoms with Crippen LogP contribution in [0.5, 0.6) is 11.5 Å². The van der Waals surface area contributed by atoms with Gasteiger partial charge in [-0.15, -0.1) is 0 Å². The first-order valence-electron chi connectivity index (χ1n) is 11.3. The molecule has 0 atom stereocenters. The average molecular weight is 464 g/mol. The summed E-state index contributed by atoms with van der Waals surface area (Å²) in [6, 6.07) is 12.2. The first-order valence-corrected chi connectivity index (χ1v) is 11.3. The topological polar surface area (TPSA) is 85.5 Å². The molecule has 0 amide bonds. The van der Waals surface area contributed by atoms with E-state index in [9.17, 15) is 4.39 Å². The normalized spacial score (nSPS) is 14.9. The second-order valence-corrected chi connectivity index (χ2v) is 8.48. The molecule has 176 valence electrons. The van der Waals surface area contributed by atoms with Crippen LogP contribution in [0, 0.1) is 12.7 Å². The Morgan fingerprint density at radius 3 is 2.74 bits per heavy atom. The van der Waals surface area contributed by atoms with Crippen molar-refractivity contribution in [2.75, 3.05) is 25.5 Å². The lowest BCUT2D eigenvalue weighted by atomic mass is 10.1. The van der Waals surface area contributed by atoms with E-state index in [0.717, 1.165) is 42.6 Å². The predicted molar refractivity (Wildman–Crippen MR) is 126 cm³/mol. The van der Waals surface area contributed by atoms with Crippen molar-refractivity contribution in [1.82, 2.24) is 20.0 Å². The van der Waals surface area contributed by atoms with Gasteiger partial charge < -0.3 is 24.2 Å². The van der Waals surface area contributed by atoms with Gasteiger partial charge in [-0.3, -0.25) is 0 Å². The molecule has 0 unspecified atom stereocenters. The summed E-state index contributed by atoms with van der Waals surface area (Å²) >= 11 is 0. The number of nitrogens with zero attached hydrogens (tertiary/aromatic N) is 4.